The lowest BCUT2D eigenvalue weighted by molar-refractivity contribution is 0.171. The van der Waals surface area contributed by atoms with E-state index >= 15 is 0 Å². The van der Waals surface area contributed by atoms with Crippen molar-refractivity contribution in [2.45, 2.75) is 18.9 Å². The summed E-state index contributed by atoms with van der Waals surface area (Å²) in [7, 11) is 0. The van der Waals surface area contributed by atoms with Gasteiger partial charge in [0.15, 0.2) is 5.75 Å². The zero-order valence-electron chi connectivity index (χ0n) is 10.2. The maximum absolute atomic E-state index is 6.03. The monoisotopic (exact) mass is 288 g/mol. The molecule has 5 heteroatoms. The van der Waals surface area contributed by atoms with Gasteiger partial charge in [0.25, 0.3) is 0 Å². The Balaban J connectivity index is 1.81. The van der Waals surface area contributed by atoms with E-state index in [-0.39, 0.29) is 0 Å². The van der Waals surface area contributed by atoms with Crippen molar-refractivity contribution in [2.75, 3.05) is 26.2 Å². The normalized spacial score (nSPS) is 20.9. The number of hydrogen-bond acceptors (Lipinski definition) is 3. The summed E-state index contributed by atoms with van der Waals surface area (Å²) in [5.41, 5.74) is 5.93. The lowest BCUT2D eigenvalue weighted by atomic mass is 10.1. The molecule has 1 aliphatic rings. The van der Waals surface area contributed by atoms with Gasteiger partial charge in [-0.1, -0.05) is 29.3 Å². The molecule has 0 radical (unpaired) electrons. The van der Waals surface area contributed by atoms with Crippen LogP contribution in [0.2, 0.25) is 10.0 Å². The third kappa shape index (κ3) is 3.75. The minimum Gasteiger partial charge on any atom is -0.489 e. The number of rotatable bonds is 4. The molecule has 0 unspecified atom stereocenters. The van der Waals surface area contributed by atoms with Crippen LogP contribution < -0.4 is 10.5 Å². The number of benzene rings is 1. The number of halogens is 2. The van der Waals surface area contributed by atoms with Crippen LogP contribution in [0.3, 0.4) is 0 Å². The molecule has 0 spiro atoms. The Bertz CT molecular complexity index is 380. The smallest absolute Gasteiger partial charge is 0.156 e. The van der Waals surface area contributed by atoms with Crippen LogP contribution in [0.1, 0.15) is 12.8 Å². The molecule has 1 saturated heterocycles. The zero-order chi connectivity index (χ0) is 13.0. The Labute approximate surface area is 118 Å². The van der Waals surface area contributed by atoms with Crippen molar-refractivity contribution in [1.29, 1.82) is 0 Å². The number of para-hydroxylation sites is 1. The van der Waals surface area contributed by atoms with E-state index in [1.54, 1.807) is 18.2 Å². The summed E-state index contributed by atoms with van der Waals surface area (Å²) in [5, 5.41) is 1.11. The Hall–Kier alpha value is -0.480. The van der Waals surface area contributed by atoms with E-state index in [9.17, 15) is 0 Å². The minimum absolute atomic E-state index is 0.294. The van der Waals surface area contributed by atoms with Crippen LogP contribution in [0, 0.1) is 0 Å². The van der Waals surface area contributed by atoms with Crippen molar-refractivity contribution in [3.05, 3.63) is 28.2 Å². The molecule has 0 amide bonds. The average molecular weight is 289 g/mol. The number of hydrogen-bond donors (Lipinski definition) is 1. The summed E-state index contributed by atoms with van der Waals surface area (Å²) in [6.07, 6.45) is 2.28. The fourth-order valence-corrected chi connectivity index (χ4v) is 2.70. The highest BCUT2D eigenvalue weighted by atomic mass is 35.5. The van der Waals surface area contributed by atoms with Crippen molar-refractivity contribution in [2.24, 2.45) is 5.73 Å². The maximum Gasteiger partial charge on any atom is 0.156 e. The van der Waals surface area contributed by atoms with Gasteiger partial charge in [-0.15, -0.1) is 0 Å². The molecule has 18 heavy (non-hydrogen) atoms. The van der Waals surface area contributed by atoms with Gasteiger partial charge in [-0.05, 0) is 31.5 Å². The van der Waals surface area contributed by atoms with Crippen molar-refractivity contribution in [3.63, 3.8) is 0 Å². The molecule has 2 N–H and O–H groups in total. The Morgan fingerprint density at radius 1 is 1.33 bits per heavy atom. The van der Waals surface area contributed by atoms with Crippen LogP contribution in [0.25, 0.3) is 0 Å². The molecule has 1 aromatic carbocycles. The number of nitrogens with two attached hydrogens (primary N) is 1. The first-order valence-corrected chi connectivity index (χ1v) is 6.97. The van der Waals surface area contributed by atoms with E-state index in [4.69, 9.17) is 33.7 Å². The third-order valence-corrected chi connectivity index (χ3v) is 3.71. The van der Waals surface area contributed by atoms with Gasteiger partial charge >= 0.3 is 0 Å². The van der Waals surface area contributed by atoms with E-state index in [1.807, 2.05) is 0 Å². The van der Waals surface area contributed by atoms with Crippen LogP contribution >= 0.6 is 23.2 Å². The Morgan fingerprint density at radius 2 is 2.06 bits per heavy atom. The molecule has 0 aliphatic carbocycles. The molecule has 0 saturated carbocycles. The number of nitrogens with zero attached hydrogens (tertiary/aromatic N) is 1. The van der Waals surface area contributed by atoms with E-state index in [1.165, 1.54) is 0 Å². The topological polar surface area (TPSA) is 38.5 Å². The van der Waals surface area contributed by atoms with E-state index < -0.39 is 0 Å². The summed E-state index contributed by atoms with van der Waals surface area (Å²) >= 11 is 12.1. The van der Waals surface area contributed by atoms with Crippen LogP contribution in [-0.2, 0) is 0 Å². The van der Waals surface area contributed by atoms with Gasteiger partial charge in [-0.2, -0.15) is 0 Å². The van der Waals surface area contributed by atoms with Crippen molar-refractivity contribution in [1.82, 2.24) is 4.90 Å². The van der Waals surface area contributed by atoms with Crippen LogP contribution in [-0.4, -0.2) is 37.2 Å². The van der Waals surface area contributed by atoms with Crippen LogP contribution in [0.4, 0.5) is 0 Å². The second-order valence-electron chi connectivity index (χ2n) is 4.60. The van der Waals surface area contributed by atoms with E-state index in [0.29, 0.717) is 28.4 Å². The summed E-state index contributed by atoms with van der Waals surface area (Å²) < 4.78 is 5.66. The van der Waals surface area contributed by atoms with Crippen molar-refractivity contribution >= 4 is 23.2 Å². The summed E-state index contributed by atoms with van der Waals surface area (Å²) in [5.74, 6) is 0.571. The fraction of sp³-hybridized carbons (Fsp3) is 0.538. The first-order chi connectivity index (χ1) is 8.66. The highest BCUT2D eigenvalue weighted by Gasteiger charge is 2.16. The largest absolute Gasteiger partial charge is 0.489 e. The molecule has 1 aromatic rings. The van der Waals surface area contributed by atoms with Crippen LogP contribution in [0.15, 0.2) is 18.2 Å². The van der Waals surface area contributed by atoms with Crippen LogP contribution in [0.5, 0.6) is 5.75 Å². The predicted octanol–water partition coefficient (Wildman–Crippen LogP) is 2.80. The lowest BCUT2D eigenvalue weighted by Gasteiger charge is -2.30. The van der Waals surface area contributed by atoms with E-state index in [2.05, 4.69) is 4.90 Å². The van der Waals surface area contributed by atoms with Crippen molar-refractivity contribution in [3.8, 4) is 5.75 Å². The highest BCUT2D eigenvalue weighted by molar-refractivity contribution is 6.37. The van der Waals surface area contributed by atoms with Crippen molar-refractivity contribution < 1.29 is 4.74 Å². The van der Waals surface area contributed by atoms with Gasteiger partial charge < -0.3 is 10.5 Å². The minimum atomic E-state index is 0.294. The van der Waals surface area contributed by atoms with Gasteiger partial charge in [0, 0.05) is 19.1 Å². The SMILES string of the molecule is N[C@@H]1CCCN(CCOc2c(Cl)cccc2Cl)C1. The quantitative estimate of drug-likeness (QED) is 0.926. The summed E-state index contributed by atoms with van der Waals surface area (Å²) in [6.45, 7) is 3.47. The molecule has 1 heterocycles. The first-order valence-electron chi connectivity index (χ1n) is 6.21. The van der Waals surface area contributed by atoms with E-state index in [0.717, 1.165) is 32.5 Å². The molecular weight excluding hydrogens is 271 g/mol. The zero-order valence-corrected chi connectivity index (χ0v) is 11.8. The predicted molar refractivity (Wildman–Crippen MR) is 75.6 cm³/mol. The molecule has 2 rings (SSSR count). The fourth-order valence-electron chi connectivity index (χ4n) is 2.19. The standard InChI is InChI=1S/C13H18Cl2N2O/c14-11-4-1-5-12(15)13(11)18-8-7-17-6-2-3-10(16)9-17/h1,4-5,10H,2-3,6-9,16H2/t10-/m1/s1. The van der Waals surface area contributed by atoms with Gasteiger partial charge in [0.1, 0.15) is 6.61 Å². The Morgan fingerprint density at radius 3 is 2.72 bits per heavy atom. The highest BCUT2D eigenvalue weighted by Crippen LogP contribution is 2.32. The van der Waals surface area contributed by atoms with Gasteiger partial charge in [-0.25, -0.2) is 0 Å². The molecule has 1 aliphatic heterocycles. The second kappa shape index (κ2) is 6.62. The second-order valence-corrected chi connectivity index (χ2v) is 5.42. The molecule has 0 bridgehead atoms. The molecule has 3 nitrogen and oxygen atoms in total. The summed E-state index contributed by atoms with van der Waals surface area (Å²) in [4.78, 5) is 2.32. The average Bonchev–Trinajstić information content (AvgIpc) is 2.33. The third-order valence-electron chi connectivity index (χ3n) is 3.11. The summed E-state index contributed by atoms with van der Waals surface area (Å²) in [6, 6.07) is 5.66. The lowest BCUT2D eigenvalue weighted by Crippen LogP contribution is -2.44. The Kier molecular flexibility index (Phi) is 5.13. The van der Waals surface area contributed by atoms with Gasteiger partial charge in [-0.3, -0.25) is 4.90 Å². The van der Waals surface area contributed by atoms with Gasteiger partial charge in [0.2, 0.25) is 0 Å². The number of ether oxygens (including phenoxy) is 1. The molecule has 100 valence electrons. The number of likely N-dealkylation sites (tertiary alicyclic amines) is 1. The molecule has 1 fully saturated rings. The molecular formula is C13H18Cl2N2O. The number of piperidine rings is 1. The maximum atomic E-state index is 6.03. The first kappa shape index (κ1) is 13.9. The molecule has 0 aromatic heterocycles. The molecule has 1 atom stereocenters. The van der Waals surface area contributed by atoms with Gasteiger partial charge in [0.05, 0.1) is 10.0 Å².